The van der Waals surface area contributed by atoms with Gasteiger partial charge in [0.2, 0.25) is 0 Å². The van der Waals surface area contributed by atoms with Crippen LogP contribution < -0.4 is 0 Å². The van der Waals surface area contributed by atoms with Gasteiger partial charge in [-0.05, 0) is 38.5 Å². The van der Waals surface area contributed by atoms with E-state index in [2.05, 4.69) is 30.9 Å². The third kappa shape index (κ3) is 12.7. The second kappa shape index (κ2) is 10.8. The molecule has 0 heterocycles. The average Bonchev–Trinajstić information content (AvgIpc) is 2.96. The predicted octanol–water partition coefficient (Wildman–Crippen LogP) is 3.71. The lowest BCUT2D eigenvalue weighted by Gasteiger charge is -1.69. The van der Waals surface area contributed by atoms with Gasteiger partial charge in [-0.3, -0.25) is 0 Å². The molecule has 0 aromatic rings. The maximum absolute atomic E-state index is 9.25. The van der Waals surface area contributed by atoms with Gasteiger partial charge in [-0.15, -0.1) is 0 Å². The highest BCUT2D eigenvalue weighted by Crippen LogP contribution is 2.05. The number of carboxylic acid groups (broad SMARTS) is 1. The maximum Gasteiger partial charge on any atom is 0.327 e. The van der Waals surface area contributed by atoms with Gasteiger partial charge in [0.05, 0.1) is 0 Å². The van der Waals surface area contributed by atoms with Crippen molar-refractivity contribution in [3.63, 3.8) is 0 Å². The number of rotatable bonds is 1. The molecule has 0 saturated heterocycles. The lowest BCUT2D eigenvalue weighted by Crippen LogP contribution is -1.82. The summed E-state index contributed by atoms with van der Waals surface area (Å²) in [7, 11) is 0. The Labute approximate surface area is 92.0 Å². The summed E-state index contributed by atoms with van der Waals surface area (Å²) < 4.78 is 0. The first-order chi connectivity index (χ1) is 7.27. The maximum atomic E-state index is 9.25. The quantitative estimate of drug-likeness (QED) is 0.527. The highest BCUT2D eigenvalue weighted by atomic mass is 16.4. The first-order valence-electron chi connectivity index (χ1n) is 5.42. The molecular weight excluding hydrogens is 188 g/mol. The highest BCUT2D eigenvalue weighted by molar-refractivity contribution is 5.78. The smallest absolute Gasteiger partial charge is 0.327 e. The molecular formula is C13H20O2. The Morgan fingerprint density at radius 2 is 1.27 bits per heavy atom. The van der Waals surface area contributed by atoms with Crippen LogP contribution in [0.5, 0.6) is 0 Å². The minimum Gasteiger partial charge on any atom is -0.478 e. The van der Waals surface area contributed by atoms with Crippen LogP contribution in [0.15, 0.2) is 37.0 Å². The third-order valence-electron chi connectivity index (χ3n) is 1.99. The number of carboxylic acids is 1. The monoisotopic (exact) mass is 208 g/mol. The molecule has 0 atom stereocenters. The van der Waals surface area contributed by atoms with Crippen LogP contribution in [0.3, 0.4) is 0 Å². The molecule has 0 aromatic heterocycles. The van der Waals surface area contributed by atoms with Crippen LogP contribution in [-0.4, -0.2) is 11.1 Å². The number of carbonyl (C=O) groups is 1. The summed E-state index contributed by atoms with van der Waals surface area (Å²) in [5.41, 5.74) is 0. The predicted molar refractivity (Wildman–Crippen MR) is 63.8 cm³/mol. The largest absolute Gasteiger partial charge is 0.478 e. The van der Waals surface area contributed by atoms with Crippen molar-refractivity contribution >= 4 is 5.97 Å². The van der Waals surface area contributed by atoms with Crippen LogP contribution in [0.1, 0.15) is 38.5 Å². The van der Waals surface area contributed by atoms with Crippen LogP contribution >= 0.6 is 0 Å². The van der Waals surface area contributed by atoms with Crippen molar-refractivity contribution in [3.05, 3.63) is 37.0 Å². The molecule has 0 radical (unpaired) electrons. The van der Waals surface area contributed by atoms with Crippen molar-refractivity contribution in [2.75, 3.05) is 0 Å². The van der Waals surface area contributed by atoms with Gasteiger partial charge in [0, 0.05) is 6.08 Å². The van der Waals surface area contributed by atoms with E-state index < -0.39 is 5.97 Å². The van der Waals surface area contributed by atoms with Gasteiger partial charge in [0.25, 0.3) is 0 Å². The minimum atomic E-state index is -0.981. The van der Waals surface area contributed by atoms with Crippen LogP contribution in [-0.2, 0) is 4.79 Å². The SMILES string of the molecule is C1=CCCC1.C1=CCCC1.C=CC(=O)O. The number of hydrogen-bond donors (Lipinski definition) is 1. The molecule has 0 unspecified atom stereocenters. The summed E-state index contributed by atoms with van der Waals surface area (Å²) in [6.07, 6.45) is 17.8. The first kappa shape index (κ1) is 13.7. The van der Waals surface area contributed by atoms with E-state index in [1.807, 2.05) is 0 Å². The van der Waals surface area contributed by atoms with Crippen LogP contribution in [0, 0.1) is 0 Å². The fraction of sp³-hybridized carbons (Fsp3) is 0.462. The molecule has 0 aliphatic heterocycles. The molecule has 0 aromatic carbocycles. The molecule has 2 rings (SSSR count). The fourth-order valence-corrected chi connectivity index (χ4v) is 1.18. The Kier molecular flexibility index (Phi) is 9.83. The zero-order chi connectivity index (χ0) is 11.4. The van der Waals surface area contributed by atoms with Crippen molar-refractivity contribution in [2.45, 2.75) is 38.5 Å². The minimum absolute atomic E-state index is 0.833. The summed E-state index contributed by atoms with van der Waals surface area (Å²) >= 11 is 0. The lowest BCUT2D eigenvalue weighted by atomic mass is 10.4. The van der Waals surface area contributed by atoms with Crippen LogP contribution in [0.2, 0.25) is 0 Å². The zero-order valence-electron chi connectivity index (χ0n) is 9.19. The summed E-state index contributed by atoms with van der Waals surface area (Å²) in [5, 5.41) is 7.60. The van der Waals surface area contributed by atoms with Gasteiger partial charge < -0.3 is 5.11 Å². The molecule has 0 amide bonds. The van der Waals surface area contributed by atoms with E-state index in [0.717, 1.165) is 6.08 Å². The average molecular weight is 208 g/mol. The standard InChI is InChI=1S/2C5H8.C3H4O2/c2*1-2-4-5-3-1;1-2-3(4)5/h2*1-2H,3-5H2;2H,1H2,(H,4,5). The van der Waals surface area contributed by atoms with Crippen molar-refractivity contribution in [2.24, 2.45) is 0 Å². The summed E-state index contributed by atoms with van der Waals surface area (Å²) in [5.74, 6) is -0.981. The Balaban J connectivity index is 0.000000196. The Morgan fingerprint density at radius 3 is 1.33 bits per heavy atom. The zero-order valence-corrected chi connectivity index (χ0v) is 9.19. The molecule has 2 nitrogen and oxygen atoms in total. The van der Waals surface area contributed by atoms with Gasteiger partial charge in [-0.2, -0.15) is 0 Å². The molecule has 1 N–H and O–H groups in total. The van der Waals surface area contributed by atoms with Gasteiger partial charge in [0.1, 0.15) is 0 Å². The number of aliphatic carboxylic acids is 1. The van der Waals surface area contributed by atoms with Crippen molar-refractivity contribution in [1.82, 2.24) is 0 Å². The molecule has 2 aliphatic rings. The second-order valence-corrected chi connectivity index (χ2v) is 3.35. The first-order valence-corrected chi connectivity index (χ1v) is 5.42. The molecule has 15 heavy (non-hydrogen) atoms. The van der Waals surface area contributed by atoms with E-state index in [4.69, 9.17) is 5.11 Å². The van der Waals surface area contributed by atoms with E-state index in [0.29, 0.717) is 0 Å². The van der Waals surface area contributed by atoms with Crippen molar-refractivity contribution < 1.29 is 9.90 Å². The molecule has 84 valence electrons. The lowest BCUT2D eigenvalue weighted by molar-refractivity contribution is -0.131. The van der Waals surface area contributed by atoms with E-state index in [1.165, 1.54) is 38.5 Å². The normalized spacial score (nSPS) is 16.0. The summed E-state index contributed by atoms with van der Waals surface area (Å²) in [6.45, 7) is 2.96. The van der Waals surface area contributed by atoms with Crippen molar-refractivity contribution in [3.8, 4) is 0 Å². The van der Waals surface area contributed by atoms with Gasteiger partial charge >= 0.3 is 5.97 Å². The molecule has 0 fully saturated rings. The molecule has 0 bridgehead atoms. The number of hydrogen-bond acceptors (Lipinski definition) is 1. The molecule has 0 spiro atoms. The Hall–Kier alpha value is -1.31. The third-order valence-corrected chi connectivity index (χ3v) is 1.99. The van der Waals surface area contributed by atoms with E-state index >= 15 is 0 Å². The molecule has 2 heteroatoms. The van der Waals surface area contributed by atoms with Crippen LogP contribution in [0.4, 0.5) is 0 Å². The van der Waals surface area contributed by atoms with Crippen LogP contribution in [0.25, 0.3) is 0 Å². The van der Waals surface area contributed by atoms with Gasteiger partial charge in [-0.25, -0.2) is 4.79 Å². The topological polar surface area (TPSA) is 37.3 Å². The molecule has 0 saturated carbocycles. The van der Waals surface area contributed by atoms with E-state index in [9.17, 15) is 4.79 Å². The van der Waals surface area contributed by atoms with Crippen molar-refractivity contribution in [1.29, 1.82) is 0 Å². The Morgan fingerprint density at radius 1 is 1.00 bits per heavy atom. The van der Waals surface area contributed by atoms with E-state index in [-0.39, 0.29) is 0 Å². The summed E-state index contributed by atoms with van der Waals surface area (Å²) in [4.78, 5) is 9.25. The Bertz CT molecular complexity index is 199. The molecule has 2 aliphatic carbocycles. The number of allylic oxidation sites excluding steroid dienone is 4. The highest BCUT2D eigenvalue weighted by Gasteiger charge is 1.85. The van der Waals surface area contributed by atoms with Gasteiger partial charge in [-0.1, -0.05) is 30.9 Å². The second-order valence-electron chi connectivity index (χ2n) is 3.35. The fourth-order valence-electron chi connectivity index (χ4n) is 1.18. The summed E-state index contributed by atoms with van der Waals surface area (Å²) in [6, 6.07) is 0. The van der Waals surface area contributed by atoms with Gasteiger partial charge in [0.15, 0.2) is 0 Å². The van der Waals surface area contributed by atoms with E-state index in [1.54, 1.807) is 0 Å².